The molecule has 0 aromatic heterocycles. The van der Waals surface area contributed by atoms with Gasteiger partial charge in [0.25, 0.3) is 5.91 Å². The van der Waals surface area contributed by atoms with Crippen molar-refractivity contribution in [2.45, 2.75) is 47.4 Å². The first-order valence-electron chi connectivity index (χ1n) is 11.3. The number of nitrogens with one attached hydrogen (secondary N) is 1. The Bertz CT molecular complexity index is 1130. The minimum Gasteiger partial charge on any atom is -0.371 e. The Kier molecular flexibility index (Phi) is 8.19. The fourth-order valence-electron chi connectivity index (χ4n) is 3.38. The van der Waals surface area contributed by atoms with Crippen molar-refractivity contribution in [1.29, 1.82) is 0 Å². The zero-order valence-corrected chi connectivity index (χ0v) is 21.3. The molecule has 9 heteroatoms. The number of imide groups is 1. The van der Waals surface area contributed by atoms with Gasteiger partial charge in [0.1, 0.15) is 5.76 Å². The molecule has 0 bridgehead atoms. The summed E-state index contributed by atoms with van der Waals surface area (Å²) in [5.41, 5.74) is 1.50. The standard InChI is InChI=1S/C26H30ClN3O5/c1-6-34-24-23(32)30(25(33)29(24)16-18-10-8-7-9-11-18)35-21(26(3,4)5)15-22(31)28-20-14-17(2)12-13-19(20)27/h7-15,24H,6,16H2,1-5H3,(H,28,31)/b21-15-. The summed E-state index contributed by atoms with van der Waals surface area (Å²) in [5.74, 6) is -1.05. The number of hydrogen-bond acceptors (Lipinski definition) is 5. The Morgan fingerprint density at radius 1 is 1.14 bits per heavy atom. The molecule has 0 aliphatic carbocycles. The van der Waals surface area contributed by atoms with Gasteiger partial charge >= 0.3 is 11.9 Å². The SMILES string of the molecule is CCOC1C(=O)N(O/C(=C\C(=O)Nc2cc(C)ccc2Cl)C(C)(C)C)C(=O)N1Cc1ccccc1. The van der Waals surface area contributed by atoms with E-state index in [9.17, 15) is 14.4 Å². The van der Waals surface area contributed by atoms with Gasteiger partial charge in [0.2, 0.25) is 6.23 Å². The molecule has 1 aliphatic heterocycles. The molecule has 1 atom stereocenters. The summed E-state index contributed by atoms with van der Waals surface area (Å²) in [7, 11) is 0. The second-order valence-corrected chi connectivity index (χ2v) is 9.57. The normalized spacial score (nSPS) is 16.6. The lowest BCUT2D eigenvalue weighted by Gasteiger charge is -2.25. The molecule has 2 aromatic carbocycles. The van der Waals surface area contributed by atoms with Gasteiger partial charge < -0.3 is 14.9 Å². The Morgan fingerprint density at radius 2 is 1.83 bits per heavy atom. The third-order valence-corrected chi connectivity index (χ3v) is 5.53. The van der Waals surface area contributed by atoms with E-state index in [0.717, 1.165) is 11.1 Å². The van der Waals surface area contributed by atoms with Gasteiger partial charge in [-0.05, 0) is 37.1 Å². The van der Waals surface area contributed by atoms with Gasteiger partial charge in [0.05, 0.1) is 17.3 Å². The van der Waals surface area contributed by atoms with Crippen LogP contribution in [0.1, 0.15) is 38.8 Å². The first-order valence-corrected chi connectivity index (χ1v) is 11.7. The van der Waals surface area contributed by atoms with E-state index in [-0.39, 0.29) is 18.9 Å². The number of carbonyl (C=O) groups excluding carboxylic acids is 3. The molecule has 186 valence electrons. The Balaban J connectivity index is 1.85. The van der Waals surface area contributed by atoms with Gasteiger partial charge in [-0.1, -0.05) is 73.8 Å². The number of ether oxygens (including phenoxy) is 1. The molecule has 1 unspecified atom stereocenters. The van der Waals surface area contributed by atoms with Crippen LogP contribution in [0, 0.1) is 12.3 Å². The fourth-order valence-corrected chi connectivity index (χ4v) is 3.54. The van der Waals surface area contributed by atoms with Crippen LogP contribution in [0.25, 0.3) is 0 Å². The van der Waals surface area contributed by atoms with E-state index in [0.29, 0.717) is 15.8 Å². The first kappa shape index (κ1) is 26.2. The highest BCUT2D eigenvalue weighted by atomic mass is 35.5. The van der Waals surface area contributed by atoms with Gasteiger partial charge in [0, 0.05) is 18.1 Å². The predicted molar refractivity (Wildman–Crippen MR) is 133 cm³/mol. The molecule has 4 amide bonds. The molecule has 1 heterocycles. The summed E-state index contributed by atoms with van der Waals surface area (Å²) in [4.78, 5) is 46.2. The molecular formula is C26H30ClN3O5. The van der Waals surface area contributed by atoms with E-state index >= 15 is 0 Å². The summed E-state index contributed by atoms with van der Waals surface area (Å²) in [6, 6.07) is 13.9. The van der Waals surface area contributed by atoms with Crippen molar-refractivity contribution < 1.29 is 24.0 Å². The predicted octanol–water partition coefficient (Wildman–Crippen LogP) is 5.28. The number of nitrogens with zero attached hydrogens (tertiary/aromatic N) is 2. The van der Waals surface area contributed by atoms with Crippen LogP contribution in [0.15, 0.2) is 60.4 Å². The van der Waals surface area contributed by atoms with Crippen LogP contribution in [0.3, 0.4) is 0 Å². The van der Waals surface area contributed by atoms with E-state index in [1.165, 1.54) is 11.0 Å². The van der Waals surface area contributed by atoms with Gasteiger partial charge in [-0.3, -0.25) is 14.5 Å². The zero-order chi connectivity index (χ0) is 25.8. The quantitative estimate of drug-likeness (QED) is 0.303. The maximum atomic E-state index is 13.2. The van der Waals surface area contributed by atoms with Crippen molar-refractivity contribution in [2.75, 3.05) is 11.9 Å². The van der Waals surface area contributed by atoms with Crippen LogP contribution in [0.4, 0.5) is 10.5 Å². The van der Waals surface area contributed by atoms with Crippen LogP contribution in [-0.4, -0.2) is 40.6 Å². The molecule has 1 saturated heterocycles. The van der Waals surface area contributed by atoms with Crippen molar-refractivity contribution in [3.05, 3.63) is 76.5 Å². The van der Waals surface area contributed by atoms with E-state index in [1.54, 1.807) is 39.8 Å². The molecule has 3 rings (SSSR count). The number of halogens is 1. The number of hydrogen-bond donors (Lipinski definition) is 1. The Labute approximate surface area is 210 Å². The van der Waals surface area contributed by atoms with Gasteiger partial charge in [-0.25, -0.2) is 4.79 Å². The summed E-state index contributed by atoms with van der Waals surface area (Å²) < 4.78 is 5.57. The highest BCUT2D eigenvalue weighted by molar-refractivity contribution is 6.33. The van der Waals surface area contributed by atoms with Gasteiger partial charge in [-0.15, -0.1) is 0 Å². The lowest BCUT2D eigenvalue weighted by atomic mass is 9.93. The van der Waals surface area contributed by atoms with Crippen LogP contribution in [0.5, 0.6) is 0 Å². The van der Waals surface area contributed by atoms with Crippen LogP contribution < -0.4 is 5.32 Å². The molecule has 2 aromatic rings. The minimum atomic E-state index is -1.13. The van der Waals surface area contributed by atoms with E-state index in [4.69, 9.17) is 21.2 Å². The maximum absolute atomic E-state index is 13.2. The van der Waals surface area contributed by atoms with Crippen LogP contribution in [-0.2, 0) is 25.7 Å². The molecule has 1 aliphatic rings. The summed E-state index contributed by atoms with van der Waals surface area (Å²) in [6.45, 7) is 9.42. The van der Waals surface area contributed by atoms with Crippen LogP contribution >= 0.6 is 11.6 Å². The largest absolute Gasteiger partial charge is 0.371 e. The lowest BCUT2D eigenvalue weighted by molar-refractivity contribution is -0.166. The molecule has 0 saturated carbocycles. The minimum absolute atomic E-state index is 0.122. The molecule has 8 nitrogen and oxygen atoms in total. The average Bonchev–Trinajstić information content (AvgIpc) is 3.00. The molecular weight excluding hydrogens is 470 g/mol. The molecule has 0 spiro atoms. The zero-order valence-electron chi connectivity index (χ0n) is 20.5. The number of carbonyl (C=O) groups is 3. The van der Waals surface area contributed by atoms with E-state index < -0.39 is 29.5 Å². The summed E-state index contributed by atoms with van der Waals surface area (Å²) >= 11 is 6.19. The third kappa shape index (κ3) is 6.41. The summed E-state index contributed by atoms with van der Waals surface area (Å²) in [5, 5.41) is 3.77. The molecule has 1 fully saturated rings. The maximum Gasteiger partial charge on any atom is 0.363 e. The van der Waals surface area contributed by atoms with Crippen molar-refractivity contribution in [2.24, 2.45) is 5.41 Å². The second-order valence-electron chi connectivity index (χ2n) is 9.16. The number of urea groups is 1. The Hall–Kier alpha value is -3.36. The van der Waals surface area contributed by atoms with Crippen molar-refractivity contribution >= 4 is 35.1 Å². The monoisotopic (exact) mass is 499 g/mol. The van der Waals surface area contributed by atoms with E-state index in [2.05, 4.69) is 5.32 Å². The highest BCUT2D eigenvalue weighted by Gasteiger charge is 2.48. The Morgan fingerprint density at radius 3 is 2.46 bits per heavy atom. The number of amides is 4. The topological polar surface area (TPSA) is 88.2 Å². The van der Waals surface area contributed by atoms with E-state index in [1.807, 2.05) is 43.3 Å². The smallest absolute Gasteiger partial charge is 0.363 e. The summed E-state index contributed by atoms with van der Waals surface area (Å²) in [6.07, 6.45) is 0.0863. The molecule has 0 radical (unpaired) electrons. The van der Waals surface area contributed by atoms with Gasteiger partial charge in [0.15, 0.2) is 0 Å². The third-order valence-electron chi connectivity index (χ3n) is 5.20. The lowest BCUT2D eigenvalue weighted by Crippen LogP contribution is -2.36. The molecule has 35 heavy (non-hydrogen) atoms. The van der Waals surface area contributed by atoms with Crippen LogP contribution in [0.2, 0.25) is 5.02 Å². The fraction of sp³-hybridized carbons (Fsp3) is 0.346. The average molecular weight is 500 g/mol. The number of benzene rings is 2. The highest BCUT2D eigenvalue weighted by Crippen LogP contribution is 2.31. The number of allylic oxidation sites excluding steroid dienone is 1. The van der Waals surface area contributed by atoms with Crippen molar-refractivity contribution in [3.63, 3.8) is 0 Å². The number of hydroxylamine groups is 2. The van der Waals surface area contributed by atoms with Gasteiger partial charge in [-0.2, -0.15) is 0 Å². The second kappa shape index (κ2) is 10.9. The number of anilines is 1. The number of rotatable bonds is 8. The first-order chi connectivity index (χ1) is 16.5. The molecule has 1 N–H and O–H groups in total. The number of aryl methyl sites for hydroxylation is 1. The van der Waals surface area contributed by atoms with Crippen molar-refractivity contribution in [3.8, 4) is 0 Å². The van der Waals surface area contributed by atoms with Crippen molar-refractivity contribution in [1.82, 2.24) is 9.96 Å².